The summed E-state index contributed by atoms with van der Waals surface area (Å²) in [5.41, 5.74) is 1.00. The topological polar surface area (TPSA) is 74.2 Å². The molecule has 1 unspecified atom stereocenters. The number of pyridine rings is 1. The van der Waals surface area contributed by atoms with Crippen LogP contribution in [0.15, 0.2) is 18.3 Å². The van der Waals surface area contributed by atoms with Crippen molar-refractivity contribution >= 4 is 11.7 Å². The first kappa shape index (κ1) is 15.8. The van der Waals surface area contributed by atoms with Crippen LogP contribution in [0.1, 0.15) is 44.7 Å². The molecule has 3 N–H and O–H groups in total. The summed E-state index contributed by atoms with van der Waals surface area (Å²) in [6, 6.07) is 3.29. The number of nitrogens with one attached hydrogen (secondary N) is 2. The zero-order valence-corrected chi connectivity index (χ0v) is 12.9. The largest absolute Gasteiger partial charge is 0.394 e. The van der Waals surface area contributed by atoms with Crippen molar-refractivity contribution in [1.29, 1.82) is 0 Å². The van der Waals surface area contributed by atoms with Crippen LogP contribution in [0, 0.1) is 12.8 Å². The number of rotatable bonds is 4. The van der Waals surface area contributed by atoms with Gasteiger partial charge in [0.05, 0.1) is 12.1 Å². The van der Waals surface area contributed by atoms with Gasteiger partial charge in [0.2, 0.25) is 0 Å². The highest BCUT2D eigenvalue weighted by Gasteiger charge is 2.35. The van der Waals surface area contributed by atoms with Crippen LogP contribution in [-0.2, 0) is 0 Å². The lowest BCUT2D eigenvalue weighted by molar-refractivity contribution is 0.103. The maximum Gasteiger partial charge on any atom is 0.319 e. The number of aliphatic hydroxyl groups is 1. The Bertz CT molecular complexity index is 486. The molecule has 0 saturated heterocycles. The second kappa shape index (κ2) is 6.89. The van der Waals surface area contributed by atoms with E-state index in [1.54, 1.807) is 12.3 Å². The lowest BCUT2D eigenvalue weighted by Crippen LogP contribution is -2.55. The Kier molecular flexibility index (Phi) is 5.17. The normalized spacial score (nSPS) is 18.8. The molecule has 1 fully saturated rings. The number of aromatic nitrogens is 1. The monoisotopic (exact) mass is 291 g/mol. The molecule has 5 heteroatoms. The highest BCUT2D eigenvalue weighted by Crippen LogP contribution is 2.32. The first-order valence-electron chi connectivity index (χ1n) is 7.66. The molecule has 0 radical (unpaired) electrons. The fraction of sp³-hybridized carbons (Fsp3) is 0.625. The zero-order valence-electron chi connectivity index (χ0n) is 12.9. The average Bonchev–Trinajstić information content (AvgIpc) is 2.48. The standard InChI is InChI=1S/C16H25N3O2/c1-12-10-14(8-9-17-12)18-15(21)19-16(2,11-20)13-6-4-3-5-7-13/h8-10,13,20H,3-7,11H2,1-2H3,(H2,17,18,19,21). The summed E-state index contributed by atoms with van der Waals surface area (Å²) in [5, 5.41) is 15.5. The molecule has 1 aliphatic rings. The van der Waals surface area contributed by atoms with Crippen LogP contribution in [0.2, 0.25) is 0 Å². The predicted molar refractivity (Wildman–Crippen MR) is 83.2 cm³/mol. The summed E-state index contributed by atoms with van der Waals surface area (Å²) in [5.74, 6) is 0.334. The SMILES string of the molecule is Cc1cc(NC(=O)NC(C)(CO)C2CCCCC2)ccn1. The molecule has 116 valence electrons. The number of hydrogen-bond donors (Lipinski definition) is 3. The molecule has 2 rings (SSSR count). The number of amides is 2. The van der Waals surface area contributed by atoms with Crippen molar-refractivity contribution in [3.05, 3.63) is 24.0 Å². The summed E-state index contributed by atoms with van der Waals surface area (Å²) in [6.07, 6.45) is 7.38. The number of anilines is 1. The van der Waals surface area contributed by atoms with Crippen LogP contribution >= 0.6 is 0 Å². The quantitative estimate of drug-likeness (QED) is 0.798. The molecule has 1 saturated carbocycles. The van der Waals surface area contributed by atoms with E-state index < -0.39 is 5.54 Å². The van der Waals surface area contributed by atoms with Crippen molar-refractivity contribution in [3.63, 3.8) is 0 Å². The van der Waals surface area contributed by atoms with Gasteiger partial charge in [0, 0.05) is 17.6 Å². The Labute approximate surface area is 126 Å². The maximum atomic E-state index is 12.2. The Hall–Kier alpha value is -1.62. The van der Waals surface area contributed by atoms with E-state index in [4.69, 9.17) is 0 Å². The van der Waals surface area contributed by atoms with Crippen molar-refractivity contribution < 1.29 is 9.90 Å². The number of aryl methyl sites for hydroxylation is 1. The lowest BCUT2D eigenvalue weighted by Gasteiger charge is -2.39. The Morgan fingerprint density at radius 1 is 1.43 bits per heavy atom. The Balaban J connectivity index is 1.98. The minimum atomic E-state index is -0.563. The van der Waals surface area contributed by atoms with Gasteiger partial charge in [0.15, 0.2) is 0 Å². The first-order valence-corrected chi connectivity index (χ1v) is 7.66. The number of carbonyl (C=O) groups is 1. The molecule has 21 heavy (non-hydrogen) atoms. The molecular formula is C16H25N3O2. The third-order valence-corrected chi connectivity index (χ3v) is 4.39. The van der Waals surface area contributed by atoms with Gasteiger partial charge >= 0.3 is 6.03 Å². The van der Waals surface area contributed by atoms with Crippen LogP contribution in [-0.4, -0.2) is 28.3 Å². The minimum Gasteiger partial charge on any atom is -0.394 e. The van der Waals surface area contributed by atoms with Crippen molar-refractivity contribution in [2.75, 3.05) is 11.9 Å². The van der Waals surface area contributed by atoms with Crippen LogP contribution in [0.3, 0.4) is 0 Å². The average molecular weight is 291 g/mol. The summed E-state index contributed by atoms with van der Waals surface area (Å²) in [7, 11) is 0. The van der Waals surface area contributed by atoms with Gasteiger partial charge in [0.25, 0.3) is 0 Å². The summed E-state index contributed by atoms with van der Waals surface area (Å²) in [4.78, 5) is 16.3. The number of nitrogens with zero attached hydrogens (tertiary/aromatic N) is 1. The van der Waals surface area contributed by atoms with Crippen molar-refractivity contribution in [2.45, 2.75) is 51.5 Å². The van der Waals surface area contributed by atoms with Gasteiger partial charge in [-0.3, -0.25) is 4.98 Å². The molecule has 0 aromatic carbocycles. The molecule has 0 spiro atoms. The molecule has 1 aromatic heterocycles. The van der Waals surface area contributed by atoms with E-state index >= 15 is 0 Å². The first-order chi connectivity index (χ1) is 10.0. The Morgan fingerprint density at radius 3 is 2.76 bits per heavy atom. The predicted octanol–water partition coefficient (Wildman–Crippen LogP) is 2.84. The van der Waals surface area contributed by atoms with E-state index in [0.29, 0.717) is 11.6 Å². The second-order valence-electron chi connectivity index (χ2n) is 6.18. The van der Waals surface area contributed by atoms with Crippen LogP contribution in [0.4, 0.5) is 10.5 Å². The van der Waals surface area contributed by atoms with Gasteiger partial charge in [-0.1, -0.05) is 19.3 Å². The fourth-order valence-electron chi connectivity index (χ4n) is 3.06. The van der Waals surface area contributed by atoms with Gasteiger partial charge in [-0.2, -0.15) is 0 Å². The summed E-state index contributed by atoms with van der Waals surface area (Å²) < 4.78 is 0. The second-order valence-corrected chi connectivity index (χ2v) is 6.18. The number of carbonyl (C=O) groups excluding carboxylic acids is 1. The zero-order chi connectivity index (χ0) is 15.3. The summed E-state index contributed by atoms with van der Waals surface area (Å²) >= 11 is 0. The van der Waals surface area contributed by atoms with Crippen molar-refractivity contribution in [3.8, 4) is 0 Å². The third-order valence-electron chi connectivity index (χ3n) is 4.39. The van der Waals surface area contributed by atoms with E-state index in [-0.39, 0.29) is 12.6 Å². The van der Waals surface area contributed by atoms with Crippen LogP contribution in [0.5, 0.6) is 0 Å². The van der Waals surface area contributed by atoms with Gasteiger partial charge in [-0.25, -0.2) is 4.79 Å². The molecule has 1 heterocycles. The van der Waals surface area contributed by atoms with Gasteiger partial charge in [-0.05, 0) is 44.7 Å². The number of aliphatic hydroxyl groups excluding tert-OH is 1. The lowest BCUT2D eigenvalue weighted by atomic mass is 9.76. The van der Waals surface area contributed by atoms with Crippen molar-refractivity contribution in [1.82, 2.24) is 10.3 Å². The molecule has 1 aromatic rings. The molecule has 0 aliphatic heterocycles. The number of hydrogen-bond acceptors (Lipinski definition) is 3. The van der Waals surface area contributed by atoms with E-state index in [1.807, 2.05) is 19.9 Å². The smallest absolute Gasteiger partial charge is 0.319 e. The van der Waals surface area contributed by atoms with Crippen molar-refractivity contribution in [2.24, 2.45) is 5.92 Å². The van der Waals surface area contributed by atoms with E-state index in [2.05, 4.69) is 15.6 Å². The van der Waals surface area contributed by atoms with Crippen LogP contribution in [0.25, 0.3) is 0 Å². The van der Waals surface area contributed by atoms with Gasteiger partial charge in [-0.15, -0.1) is 0 Å². The highest BCUT2D eigenvalue weighted by atomic mass is 16.3. The summed E-state index contributed by atoms with van der Waals surface area (Å²) in [6.45, 7) is 3.77. The van der Waals surface area contributed by atoms with E-state index in [1.165, 1.54) is 19.3 Å². The minimum absolute atomic E-state index is 0.0412. The molecular weight excluding hydrogens is 266 g/mol. The molecule has 1 aliphatic carbocycles. The highest BCUT2D eigenvalue weighted by molar-refractivity contribution is 5.89. The molecule has 2 amide bonds. The fourth-order valence-corrected chi connectivity index (χ4v) is 3.06. The Morgan fingerprint density at radius 2 is 2.14 bits per heavy atom. The van der Waals surface area contributed by atoms with Gasteiger partial charge in [0.1, 0.15) is 0 Å². The van der Waals surface area contributed by atoms with Gasteiger partial charge < -0.3 is 15.7 Å². The molecule has 5 nitrogen and oxygen atoms in total. The van der Waals surface area contributed by atoms with Crippen LogP contribution < -0.4 is 10.6 Å². The maximum absolute atomic E-state index is 12.2. The van der Waals surface area contributed by atoms with E-state index in [9.17, 15) is 9.90 Å². The number of urea groups is 1. The molecule has 0 bridgehead atoms. The molecule has 1 atom stereocenters. The third kappa shape index (κ3) is 4.17. The van der Waals surface area contributed by atoms with E-state index in [0.717, 1.165) is 18.5 Å².